The first kappa shape index (κ1) is 23.5. The van der Waals surface area contributed by atoms with Crippen molar-refractivity contribution in [1.29, 1.82) is 0 Å². The van der Waals surface area contributed by atoms with Crippen molar-refractivity contribution >= 4 is 33.9 Å². The van der Waals surface area contributed by atoms with Gasteiger partial charge in [0.2, 0.25) is 0 Å². The number of benzene rings is 1. The molecule has 2 N–H and O–H groups in total. The number of rotatable bonds is 3. The number of Topliss-reactive ketones (excluding diaryl/α,β-unsaturated/α-hetero) is 1. The van der Waals surface area contributed by atoms with E-state index < -0.39 is 5.41 Å². The molecule has 6 rings (SSSR count). The standard InChI is InChI=1S/C28H30FN7O/c1-16-21(14-31-26-25(16)32-15-28(2,3)27(26)37)20-9-17-11-23(30-13-18(17)10-22(20)29)33-24-12-19-5-6-35(4)7-8-36(19)34-24/h9-14,32H,5-8,15H2,1-4H3,(H,30,33,34). The van der Waals surface area contributed by atoms with E-state index in [9.17, 15) is 4.79 Å². The first-order valence-electron chi connectivity index (χ1n) is 12.6. The molecule has 37 heavy (non-hydrogen) atoms. The third kappa shape index (κ3) is 4.13. The number of halogens is 1. The molecule has 0 fully saturated rings. The van der Waals surface area contributed by atoms with Crippen LogP contribution in [0.5, 0.6) is 0 Å². The predicted molar refractivity (Wildman–Crippen MR) is 143 cm³/mol. The molecule has 0 saturated carbocycles. The minimum atomic E-state index is -0.525. The van der Waals surface area contributed by atoms with Gasteiger partial charge in [0.25, 0.3) is 0 Å². The highest BCUT2D eigenvalue weighted by Gasteiger charge is 2.36. The second-order valence-corrected chi connectivity index (χ2v) is 10.8. The number of nitrogens with zero attached hydrogens (tertiary/aromatic N) is 5. The summed E-state index contributed by atoms with van der Waals surface area (Å²) < 4.78 is 17.3. The third-order valence-electron chi connectivity index (χ3n) is 7.54. The number of nitrogens with one attached hydrogen (secondary N) is 2. The molecule has 2 aliphatic heterocycles. The molecular weight excluding hydrogens is 469 g/mol. The van der Waals surface area contributed by atoms with Gasteiger partial charge in [0.1, 0.15) is 17.3 Å². The monoisotopic (exact) mass is 499 g/mol. The van der Waals surface area contributed by atoms with Crippen molar-refractivity contribution in [3.05, 3.63) is 59.4 Å². The molecule has 5 heterocycles. The predicted octanol–water partition coefficient (Wildman–Crippen LogP) is 4.81. The fourth-order valence-corrected chi connectivity index (χ4v) is 5.14. The van der Waals surface area contributed by atoms with E-state index in [-0.39, 0.29) is 11.6 Å². The number of carbonyl (C=O) groups is 1. The van der Waals surface area contributed by atoms with E-state index in [1.54, 1.807) is 12.4 Å². The van der Waals surface area contributed by atoms with Crippen LogP contribution < -0.4 is 10.6 Å². The van der Waals surface area contributed by atoms with Crippen molar-refractivity contribution in [2.75, 3.05) is 37.3 Å². The van der Waals surface area contributed by atoms with Crippen LogP contribution in [0.15, 0.2) is 36.7 Å². The van der Waals surface area contributed by atoms with E-state index in [2.05, 4.69) is 38.6 Å². The van der Waals surface area contributed by atoms with Gasteiger partial charge in [-0.05, 0) is 43.1 Å². The van der Waals surface area contributed by atoms with Crippen LogP contribution in [0.4, 0.5) is 21.7 Å². The third-order valence-corrected chi connectivity index (χ3v) is 7.54. The van der Waals surface area contributed by atoms with Crippen LogP contribution in [0.3, 0.4) is 0 Å². The molecule has 9 heteroatoms. The maximum Gasteiger partial charge on any atom is 0.190 e. The first-order chi connectivity index (χ1) is 17.7. The van der Waals surface area contributed by atoms with Gasteiger partial charge in [0.05, 0.1) is 12.2 Å². The van der Waals surface area contributed by atoms with Crippen LogP contribution in [-0.2, 0) is 13.0 Å². The fraction of sp³-hybridized carbons (Fsp3) is 0.357. The van der Waals surface area contributed by atoms with Gasteiger partial charge >= 0.3 is 0 Å². The molecule has 0 amide bonds. The van der Waals surface area contributed by atoms with Gasteiger partial charge in [-0.1, -0.05) is 13.8 Å². The van der Waals surface area contributed by atoms with Gasteiger partial charge < -0.3 is 15.5 Å². The van der Waals surface area contributed by atoms with Crippen molar-refractivity contribution in [3.63, 3.8) is 0 Å². The number of pyridine rings is 2. The Labute approximate surface area is 214 Å². The molecule has 0 atom stereocenters. The lowest BCUT2D eigenvalue weighted by molar-refractivity contribution is 0.0839. The first-order valence-corrected chi connectivity index (χ1v) is 12.6. The number of hydrogen-bond donors (Lipinski definition) is 2. The molecule has 0 unspecified atom stereocenters. The molecule has 8 nitrogen and oxygen atoms in total. The van der Waals surface area contributed by atoms with E-state index in [4.69, 9.17) is 5.10 Å². The second kappa shape index (κ2) is 8.62. The highest BCUT2D eigenvalue weighted by Crippen LogP contribution is 2.38. The van der Waals surface area contributed by atoms with Crippen LogP contribution in [0.25, 0.3) is 21.9 Å². The molecule has 0 radical (unpaired) electrons. The number of likely N-dealkylation sites (N-methyl/N-ethyl adjacent to an activating group) is 1. The molecule has 0 spiro atoms. The van der Waals surface area contributed by atoms with Crippen molar-refractivity contribution < 1.29 is 9.18 Å². The number of carbonyl (C=O) groups excluding carboxylic acids is 1. The summed E-state index contributed by atoms with van der Waals surface area (Å²) in [6.45, 7) is 9.04. The molecule has 0 saturated heterocycles. The molecule has 2 aliphatic rings. The zero-order valence-electron chi connectivity index (χ0n) is 21.5. The van der Waals surface area contributed by atoms with Crippen LogP contribution in [0, 0.1) is 18.2 Å². The number of anilines is 3. The average Bonchev–Trinajstić information content (AvgIpc) is 3.17. The molecule has 0 aliphatic carbocycles. The highest BCUT2D eigenvalue weighted by molar-refractivity contribution is 6.06. The zero-order valence-corrected chi connectivity index (χ0v) is 21.5. The molecule has 4 aromatic rings. The maximum atomic E-state index is 15.3. The Balaban J connectivity index is 1.34. The molecule has 190 valence electrons. The number of ketones is 1. The van der Waals surface area contributed by atoms with Crippen LogP contribution in [-0.4, -0.2) is 57.1 Å². The van der Waals surface area contributed by atoms with Crippen molar-refractivity contribution in [1.82, 2.24) is 24.6 Å². The van der Waals surface area contributed by atoms with E-state index in [0.29, 0.717) is 40.3 Å². The van der Waals surface area contributed by atoms with Gasteiger partial charge in [-0.2, -0.15) is 5.10 Å². The molecule has 3 aromatic heterocycles. The smallest absolute Gasteiger partial charge is 0.190 e. The van der Waals surface area contributed by atoms with Gasteiger partial charge in [-0.3, -0.25) is 14.5 Å². The minimum absolute atomic E-state index is 0.000261. The Kier molecular flexibility index (Phi) is 5.49. The summed E-state index contributed by atoms with van der Waals surface area (Å²) >= 11 is 0. The second-order valence-electron chi connectivity index (χ2n) is 10.8. The summed E-state index contributed by atoms with van der Waals surface area (Å²) in [5.74, 6) is 1.04. The largest absolute Gasteiger partial charge is 0.382 e. The fourth-order valence-electron chi connectivity index (χ4n) is 5.14. The number of hydrogen-bond acceptors (Lipinski definition) is 7. The molecular formula is C28H30FN7O. The summed E-state index contributed by atoms with van der Waals surface area (Å²) in [5, 5.41) is 12.9. The Bertz CT molecular complexity index is 1530. The Morgan fingerprint density at radius 1 is 1.00 bits per heavy atom. The normalized spacial score (nSPS) is 17.2. The molecule has 0 bridgehead atoms. The van der Waals surface area contributed by atoms with Gasteiger partial charge in [-0.15, -0.1) is 0 Å². The van der Waals surface area contributed by atoms with Gasteiger partial charge in [-0.25, -0.2) is 9.37 Å². The van der Waals surface area contributed by atoms with Crippen LogP contribution in [0.1, 0.15) is 35.6 Å². The van der Waals surface area contributed by atoms with E-state index >= 15 is 4.39 Å². The van der Waals surface area contributed by atoms with Crippen molar-refractivity contribution in [2.24, 2.45) is 5.41 Å². The molecule has 1 aromatic carbocycles. The Morgan fingerprint density at radius 2 is 1.84 bits per heavy atom. The summed E-state index contributed by atoms with van der Waals surface area (Å²) in [6, 6.07) is 7.29. The Morgan fingerprint density at radius 3 is 2.68 bits per heavy atom. The average molecular weight is 500 g/mol. The SMILES string of the molecule is Cc1c(-c2cc3cc(Nc4cc5n(n4)CCN(C)CC5)ncc3cc2F)cnc2c1NCC(C)(C)C2=O. The zero-order chi connectivity index (χ0) is 25.9. The van der Waals surface area contributed by atoms with Crippen molar-refractivity contribution in [3.8, 4) is 11.1 Å². The minimum Gasteiger partial charge on any atom is -0.382 e. The quantitative estimate of drug-likeness (QED) is 0.418. The number of aromatic nitrogens is 4. The summed E-state index contributed by atoms with van der Waals surface area (Å²) in [5.41, 5.74) is 3.68. The van der Waals surface area contributed by atoms with E-state index in [1.165, 1.54) is 11.8 Å². The van der Waals surface area contributed by atoms with E-state index in [0.717, 1.165) is 42.8 Å². The van der Waals surface area contributed by atoms with Gasteiger partial charge in [0, 0.05) is 72.1 Å². The summed E-state index contributed by atoms with van der Waals surface area (Å²) in [4.78, 5) is 24.1. The lowest BCUT2D eigenvalue weighted by Crippen LogP contribution is -2.38. The van der Waals surface area contributed by atoms with Crippen LogP contribution in [0.2, 0.25) is 0 Å². The maximum absolute atomic E-state index is 15.3. The Hall–Kier alpha value is -3.85. The van der Waals surface area contributed by atoms with Crippen molar-refractivity contribution in [2.45, 2.75) is 33.7 Å². The number of fused-ring (bicyclic) bond motifs is 3. The lowest BCUT2D eigenvalue weighted by atomic mass is 9.81. The summed E-state index contributed by atoms with van der Waals surface area (Å²) in [6.07, 6.45) is 4.22. The topological polar surface area (TPSA) is 88.0 Å². The van der Waals surface area contributed by atoms with E-state index in [1.807, 2.05) is 37.6 Å². The lowest BCUT2D eigenvalue weighted by Gasteiger charge is -2.31. The highest BCUT2D eigenvalue weighted by atomic mass is 19.1. The summed E-state index contributed by atoms with van der Waals surface area (Å²) in [7, 11) is 2.13. The van der Waals surface area contributed by atoms with Crippen LogP contribution >= 0.6 is 0 Å². The van der Waals surface area contributed by atoms with Gasteiger partial charge in [0.15, 0.2) is 11.6 Å².